The molecule has 1 N–H and O–H groups in total. The highest BCUT2D eigenvalue weighted by atomic mass is 79.9. The van der Waals surface area contributed by atoms with E-state index in [1.54, 1.807) is 0 Å². The molecule has 0 aromatic heterocycles. The number of ether oxygens (including phenoxy) is 2. The van der Waals surface area contributed by atoms with Gasteiger partial charge in [0.25, 0.3) is 5.91 Å². The largest absolute Gasteiger partial charge is 0.491 e. The van der Waals surface area contributed by atoms with Crippen molar-refractivity contribution in [1.29, 1.82) is 0 Å². The zero-order valence-electron chi connectivity index (χ0n) is 16.3. The minimum atomic E-state index is -0.113. The Bertz CT molecular complexity index is 746. The standard InChI is InChI=1S/C22H28BrNO3/c1-4-17-10-11-21(20(23)14-17)26-15-22(25)24-12-6-8-18-7-5-9-19(13-18)27-16(2)3/h5,7,9-11,13-14,16H,4,6,8,12,15H2,1-3H3,(H,24,25). The lowest BCUT2D eigenvalue weighted by atomic mass is 10.1. The molecule has 146 valence electrons. The van der Waals surface area contributed by atoms with Crippen LogP contribution in [0.5, 0.6) is 11.5 Å². The molecule has 0 saturated heterocycles. The summed E-state index contributed by atoms with van der Waals surface area (Å²) in [6.07, 6.45) is 2.88. The maximum absolute atomic E-state index is 12.0. The molecule has 5 heteroatoms. The van der Waals surface area contributed by atoms with Gasteiger partial charge in [-0.3, -0.25) is 4.79 Å². The van der Waals surface area contributed by atoms with Gasteiger partial charge in [0.1, 0.15) is 11.5 Å². The molecule has 0 spiro atoms. The van der Waals surface area contributed by atoms with E-state index in [1.807, 2.05) is 44.2 Å². The summed E-state index contributed by atoms with van der Waals surface area (Å²) < 4.78 is 12.2. The lowest BCUT2D eigenvalue weighted by Crippen LogP contribution is -2.30. The molecule has 0 atom stereocenters. The fourth-order valence-corrected chi connectivity index (χ4v) is 3.18. The van der Waals surface area contributed by atoms with Gasteiger partial charge in [-0.25, -0.2) is 0 Å². The summed E-state index contributed by atoms with van der Waals surface area (Å²) in [6.45, 7) is 6.76. The number of carbonyl (C=O) groups is 1. The van der Waals surface area contributed by atoms with Gasteiger partial charge < -0.3 is 14.8 Å². The number of nitrogens with one attached hydrogen (secondary N) is 1. The average Bonchev–Trinajstić information content (AvgIpc) is 2.64. The number of hydrogen-bond acceptors (Lipinski definition) is 3. The van der Waals surface area contributed by atoms with E-state index in [0.717, 1.165) is 29.5 Å². The number of rotatable bonds is 10. The maximum atomic E-state index is 12.0. The topological polar surface area (TPSA) is 47.6 Å². The number of hydrogen-bond donors (Lipinski definition) is 1. The quantitative estimate of drug-likeness (QED) is 0.540. The number of halogens is 1. The van der Waals surface area contributed by atoms with Gasteiger partial charge in [0, 0.05) is 6.54 Å². The van der Waals surface area contributed by atoms with Gasteiger partial charge in [-0.15, -0.1) is 0 Å². The minimum absolute atomic E-state index is 0.0157. The first-order valence-corrected chi connectivity index (χ1v) is 10.2. The third-order valence-electron chi connectivity index (χ3n) is 4.00. The summed E-state index contributed by atoms with van der Waals surface area (Å²) in [6, 6.07) is 14.0. The Morgan fingerprint density at radius 1 is 1.15 bits per heavy atom. The Balaban J connectivity index is 1.69. The van der Waals surface area contributed by atoms with Crippen LogP contribution in [-0.4, -0.2) is 25.2 Å². The normalized spacial score (nSPS) is 10.7. The molecular formula is C22H28BrNO3. The first kappa shape index (κ1) is 21.3. The number of benzene rings is 2. The summed E-state index contributed by atoms with van der Waals surface area (Å²) in [5.74, 6) is 1.46. The molecule has 0 aliphatic carbocycles. The summed E-state index contributed by atoms with van der Waals surface area (Å²) in [7, 11) is 0. The fraction of sp³-hybridized carbons (Fsp3) is 0.409. The third-order valence-corrected chi connectivity index (χ3v) is 4.62. The van der Waals surface area contributed by atoms with Gasteiger partial charge in [-0.05, 0) is 84.4 Å². The van der Waals surface area contributed by atoms with E-state index in [1.165, 1.54) is 11.1 Å². The van der Waals surface area contributed by atoms with Gasteiger partial charge in [0.15, 0.2) is 6.61 Å². The van der Waals surface area contributed by atoms with Crippen molar-refractivity contribution in [3.63, 3.8) is 0 Å². The summed E-state index contributed by atoms with van der Waals surface area (Å²) in [4.78, 5) is 12.0. The molecule has 0 fully saturated rings. The van der Waals surface area contributed by atoms with Crippen LogP contribution in [0.3, 0.4) is 0 Å². The van der Waals surface area contributed by atoms with Crippen LogP contribution in [0.15, 0.2) is 46.9 Å². The molecule has 2 aromatic rings. The van der Waals surface area contributed by atoms with Crippen molar-refractivity contribution in [2.45, 2.75) is 46.1 Å². The third kappa shape index (κ3) is 7.63. The van der Waals surface area contributed by atoms with Gasteiger partial charge in [-0.2, -0.15) is 0 Å². The van der Waals surface area contributed by atoms with E-state index in [-0.39, 0.29) is 18.6 Å². The Hall–Kier alpha value is -2.01. The molecule has 2 aromatic carbocycles. The van der Waals surface area contributed by atoms with Gasteiger partial charge in [-0.1, -0.05) is 25.1 Å². The Kier molecular flexibility index (Phi) is 8.65. The lowest BCUT2D eigenvalue weighted by Gasteiger charge is -2.11. The smallest absolute Gasteiger partial charge is 0.257 e. The van der Waals surface area contributed by atoms with E-state index < -0.39 is 0 Å². The molecule has 0 aliphatic rings. The second-order valence-corrected chi connectivity index (χ2v) is 7.53. The van der Waals surface area contributed by atoms with Crippen LogP contribution in [0, 0.1) is 0 Å². The highest BCUT2D eigenvalue weighted by Crippen LogP contribution is 2.26. The van der Waals surface area contributed by atoms with Gasteiger partial charge >= 0.3 is 0 Å². The molecule has 2 rings (SSSR count). The van der Waals surface area contributed by atoms with Crippen molar-refractivity contribution >= 4 is 21.8 Å². The summed E-state index contributed by atoms with van der Waals surface area (Å²) in [5.41, 5.74) is 2.43. The molecule has 27 heavy (non-hydrogen) atoms. The highest BCUT2D eigenvalue weighted by Gasteiger charge is 2.06. The number of aryl methyl sites for hydroxylation is 2. The Labute approximate surface area is 170 Å². The maximum Gasteiger partial charge on any atom is 0.257 e. The molecule has 0 aliphatic heterocycles. The van der Waals surface area contributed by atoms with E-state index in [0.29, 0.717) is 12.3 Å². The first-order valence-electron chi connectivity index (χ1n) is 9.41. The second kappa shape index (κ2) is 11.0. The first-order chi connectivity index (χ1) is 13.0. The predicted molar refractivity (Wildman–Crippen MR) is 113 cm³/mol. The van der Waals surface area contributed by atoms with Crippen molar-refractivity contribution in [3.05, 3.63) is 58.1 Å². The van der Waals surface area contributed by atoms with Crippen LogP contribution in [0.4, 0.5) is 0 Å². The molecule has 1 amide bonds. The van der Waals surface area contributed by atoms with E-state index in [2.05, 4.69) is 40.3 Å². The monoisotopic (exact) mass is 433 g/mol. The molecule has 0 saturated carbocycles. The second-order valence-electron chi connectivity index (χ2n) is 6.67. The number of carbonyl (C=O) groups excluding carboxylic acids is 1. The Morgan fingerprint density at radius 3 is 2.67 bits per heavy atom. The molecule has 0 unspecified atom stereocenters. The predicted octanol–water partition coefficient (Wildman–Crippen LogP) is 4.93. The van der Waals surface area contributed by atoms with Crippen molar-refractivity contribution in [2.75, 3.05) is 13.2 Å². The minimum Gasteiger partial charge on any atom is -0.491 e. The van der Waals surface area contributed by atoms with Crippen molar-refractivity contribution < 1.29 is 14.3 Å². The molecular weight excluding hydrogens is 406 g/mol. The molecule has 4 nitrogen and oxygen atoms in total. The SMILES string of the molecule is CCc1ccc(OCC(=O)NCCCc2cccc(OC(C)C)c2)c(Br)c1. The van der Waals surface area contributed by atoms with Crippen LogP contribution < -0.4 is 14.8 Å². The molecule has 0 radical (unpaired) electrons. The van der Waals surface area contributed by atoms with Gasteiger partial charge in [0.2, 0.25) is 0 Å². The molecule has 0 bridgehead atoms. The Morgan fingerprint density at radius 2 is 1.96 bits per heavy atom. The van der Waals surface area contributed by atoms with E-state index >= 15 is 0 Å². The highest BCUT2D eigenvalue weighted by molar-refractivity contribution is 9.10. The van der Waals surface area contributed by atoms with Gasteiger partial charge in [0.05, 0.1) is 10.6 Å². The summed E-state index contributed by atoms with van der Waals surface area (Å²) >= 11 is 3.48. The molecule has 0 heterocycles. The van der Waals surface area contributed by atoms with Crippen LogP contribution >= 0.6 is 15.9 Å². The van der Waals surface area contributed by atoms with Crippen LogP contribution in [0.2, 0.25) is 0 Å². The fourth-order valence-electron chi connectivity index (χ4n) is 2.64. The van der Waals surface area contributed by atoms with Crippen LogP contribution in [0.25, 0.3) is 0 Å². The van der Waals surface area contributed by atoms with Crippen LogP contribution in [0.1, 0.15) is 38.3 Å². The summed E-state index contributed by atoms with van der Waals surface area (Å²) in [5, 5.41) is 2.90. The van der Waals surface area contributed by atoms with Crippen molar-refractivity contribution in [3.8, 4) is 11.5 Å². The van der Waals surface area contributed by atoms with Crippen molar-refractivity contribution in [1.82, 2.24) is 5.32 Å². The zero-order chi connectivity index (χ0) is 19.6. The average molecular weight is 434 g/mol. The van der Waals surface area contributed by atoms with E-state index in [4.69, 9.17) is 9.47 Å². The van der Waals surface area contributed by atoms with Crippen molar-refractivity contribution in [2.24, 2.45) is 0 Å². The lowest BCUT2D eigenvalue weighted by molar-refractivity contribution is -0.123. The number of amides is 1. The zero-order valence-corrected chi connectivity index (χ0v) is 17.8. The van der Waals surface area contributed by atoms with Crippen LogP contribution in [-0.2, 0) is 17.6 Å². The van der Waals surface area contributed by atoms with E-state index in [9.17, 15) is 4.79 Å².